The number of para-hydroxylation sites is 1. The molecule has 0 atom stereocenters. The molecule has 0 spiro atoms. The number of hydrogen-bond acceptors (Lipinski definition) is 3. The van der Waals surface area contributed by atoms with Gasteiger partial charge < -0.3 is 10.1 Å². The summed E-state index contributed by atoms with van der Waals surface area (Å²) in [4.78, 5) is 18.2. The van der Waals surface area contributed by atoms with Crippen LogP contribution in [-0.4, -0.2) is 30.8 Å². The molecule has 0 aliphatic rings. The number of benzene rings is 1. The van der Waals surface area contributed by atoms with Gasteiger partial charge >= 0.3 is 5.97 Å². The van der Waals surface area contributed by atoms with Crippen LogP contribution in [0.4, 0.5) is 0 Å². The van der Waals surface area contributed by atoms with Gasteiger partial charge in [0.05, 0.1) is 6.42 Å². The zero-order valence-electron chi connectivity index (χ0n) is 11.0. The second-order valence-corrected chi connectivity index (χ2v) is 4.62. The molecule has 3 rings (SSSR count). The standard InChI is InChI=1S/C14H14N4O2/c1-18-14(16-12(17-18)6-7-13(19)20)10-8-15-11-5-3-2-4-9(10)11/h2-5,8,15H,6-7H2,1H3,(H,19,20). The average molecular weight is 270 g/mol. The topological polar surface area (TPSA) is 83.8 Å². The number of carbonyl (C=O) groups is 1. The molecule has 6 heteroatoms. The molecular formula is C14H14N4O2. The van der Waals surface area contributed by atoms with Crippen LogP contribution in [0.2, 0.25) is 0 Å². The molecule has 0 fully saturated rings. The van der Waals surface area contributed by atoms with Gasteiger partial charge in [-0.05, 0) is 6.07 Å². The zero-order valence-corrected chi connectivity index (χ0v) is 11.0. The number of carboxylic acids is 1. The van der Waals surface area contributed by atoms with Crippen LogP contribution in [0.1, 0.15) is 12.2 Å². The van der Waals surface area contributed by atoms with Crippen molar-refractivity contribution in [2.24, 2.45) is 7.05 Å². The Morgan fingerprint density at radius 2 is 2.20 bits per heavy atom. The molecule has 102 valence electrons. The monoisotopic (exact) mass is 270 g/mol. The van der Waals surface area contributed by atoms with Gasteiger partial charge in [0.2, 0.25) is 0 Å². The summed E-state index contributed by atoms with van der Waals surface area (Å²) in [6.45, 7) is 0. The van der Waals surface area contributed by atoms with E-state index < -0.39 is 5.97 Å². The summed E-state index contributed by atoms with van der Waals surface area (Å²) < 4.78 is 1.69. The molecule has 0 aliphatic heterocycles. The van der Waals surface area contributed by atoms with E-state index in [0.717, 1.165) is 22.3 Å². The normalized spacial score (nSPS) is 11.1. The largest absolute Gasteiger partial charge is 0.481 e. The summed E-state index contributed by atoms with van der Waals surface area (Å²) in [5, 5.41) is 14.1. The van der Waals surface area contributed by atoms with Gasteiger partial charge in [-0.15, -0.1) is 0 Å². The van der Waals surface area contributed by atoms with Gasteiger partial charge in [-0.1, -0.05) is 18.2 Å². The first-order chi connectivity index (χ1) is 9.65. The van der Waals surface area contributed by atoms with E-state index in [1.165, 1.54) is 0 Å². The second kappa shape index (κ2) is 4.80. The van der Waals surface area contributed by atoms with Crippen LogP contribution in [0.5, 0.6) is 0 Å². The van der Waals surface area contributed by atoms with Gasteiger partial charge in [0.15, 0.2) is 11.6 Å². The minimum absolute atomic E-state index is 0.0390. The van der Waals surface area contributed by atoms with Crippen LogP contribution in [0.3, 0.4) is 0 Å². The van der Waals surface area contributed by atoms with Crippen molar-refractivity contribution in [2.45, 2.75) is 12.8 Å². The maximum absolute atomic E-state index is 10.6. The fourth-order valence-electron chi connectivity index (χ4n) is 2.25. The molecule has 2 N–H and O–H groups in total. The van der Waals surface area contributed by atoms with Crippen LogP contribution >= 0.6 is 0 Å². The first kappa shape index (κ1) is 12.4. The summed E-state index contributed by atoms with van der Waals surface area (Å²) in [6, 6.07) is 7.96. The quantitative estimate of drug-likeness (QED) is 0.759. The van der Waals surface area contributed by atoms with Gasteiger partial charge in [0.25, 0.3) is 0 Å². The second-order valence-electron chi connectivity index (χ2n) is 4.62. The Morgan fingerprint density at radius 3 is 3.00 bits per heavy atom. The van der Waals surface area contributed by atoms with E-state index in [4.69, 9.17) is 5.11 Å². The van der Waals surface area contributed by atoms with Crippen LogP contribution in [-0.2, 0) is 18.3 Å². The molecule has 2 aromatic heterocycles. The SMILES string of the molecule is Cn1nc(CCC(=O)O)nc1-c1c[nH]c2ccccc12. The number of rotatable bonds is 4. The highest BCUT2D eigenvalue weighted by Gasteiger charge is 2.14. The summed E-state index contributed by atoms with van der Waals surface area (Å²) in [6.07, 6.45) is 2.28. The molecule has 20 heavy (non-hydrogen) atoms. The number of aliphatic carboxylic acids is 1. The molecule has 0 aliphatic carbocycles. The number of aromatic nitrogens is 4. The highest BCUT2D eigenvalue weighted by molar-refractivity contribution is 5.93. The van der Waals surface area contributed by atoms with E-state index in [0.29, 0.717) is 12.2 Å². The third kappa shape index (κ3) is 2.16. The van der Waals surface area contributed by atoms with E-state index in [9.17, 15) is 4.79 Å². The molecule has 1 aromatic carbocycles. The van der Waals surface area contributed by atoms with E-state index in [-0.39, 0.29) is 6.42 Å². The molecule has 2 heterocycles. The Morgan fingerprint density at radius 1 is 1.40 bits per heavy atom. The van der Waals surface area contributed by atoms with Crippen molar-refractivity contribution >= 4 is 16.9 Å². The Balaban J connectivity index is 1.99. The predicted molar refractivity (Wildman–Crippen MR) is 74.3 cm³/mol. The molecule has 0 saturated heterocycles. The van der Waals surface area contributed by atoms with Gasteiger partial charge in [0, 0.05) is 36.1 Å². The van der Waals surface area contributed by atoms with Crippen LogP contribution in [0.25, 0.3) is 22.3 Å². The molecule has 0 amide bonds. The fraction of sp³-hybridized carbons (Fsp3) is 0.214. The lowest BCUT2D eigenvalue weighted by Crippen LogP contribution is -1.99. The summed E-state index contributed by atoms with van der Waals surface area (Å²) in [5.74, 6) is 0.448. The molecule has 0 saturated carbocycles. The first-order valence-corrected chi connectivity index (χ1v) is 6.33. The van der Waals surface area contributed by atoms with Crippen molar-refractivity contribution in [3.8, 4) is 11.4 Å². The van der Waals surface area contributed by atoms with Crippen LogP contribution < -0.4 is 0 Å². The Kier molecular flexibility index (Phi) is 2.98. The fourth-order valence-corrected chi connectivity index (χ4v) is 2.25. The van der Waals surface area contributed by atoms with E-state index in [2.05, 4.69) is 15.1 Å². The Hall–Kier alpha value is -2.63. The number of nitrogens with zero attached hydrogens (tertiary/aromatic N) is 3. The predicted octanol–water partition coefficient (Wildman–Crippen LogP) is 1.98. The van der Waals surface area contributed by atoms with E-state index >= 15 is 0 Å². The van der Waals surface area contributed by atoms with Gasteiger partial charge in [-0.3, -0.25) is 4.79 Å². The van der Waals surface area contributed by atoms with Gasteiger partial charge in [0.1, 0.15) is 0 Å². The van der Waals surface area contributed by atoms with E-state index in [1.807, 2.05) is 37.5 Å². The number of aromatic amines is 1. The van der Waals surface area contributed by atoms with Crippen molar-refractivity contribution in [3.63, 3.8) is 0 Å². The van der Waals surface area contributed by atoms with E-state index in [1.54, 1.807) is 4.68 Å². The van der Waals surface area contributed by atoms with Crippen molar-refractivity contribution in [1.82, 2.24) is 19.7 Å². The van der Waals surface area contributed by atoms with Gasteiger partial charge in [-0.2, -0.15) is 5.10 Å². The lowest BCUT2D eigenvalue weighted by atomic mass is 10.1. The van der Waals surface area contributed by atoms with Crippen molar-refractivity contribution in [1.29, 1.82) is 0 Å². The molecule has 3 aromatic rings. The maximum atomic E-state index is 10.6. The lowest BCUT2D eigenvalue weighted by molar-refractivity contribution is -0.137. The minimum Gasteiger partial charge on any atom is -0.481 e. The molecule has 0 radical (unpaired) electrons. The third-order valence-corrected chi connectivity index (χ3v) is 3.20. The smallest absolute Gasteiger partial charge is 0.303 e. The number of H-pyrrole nitrogens is 1. The third-order valence-electron chi connectivity index (χ3n) is 3.20. The number of carboxylic acid groups (broad SMARTS) is 1. The van der Waals surface area contributed by atoms with Crippen LogP contribution in [0.15, 0.2) is 30.5 Å². The Labute approximate surface area is 115 Å². The van der Waals surface area contributed by atoms with Crippen molar-refractivity contribution < 1.29 is 9.90 Å². The minimum atomic E-state index is -0.842. The number of aryl methyl sites for hydroxylation is 2. The highest BCUT2D eigenvalue weighted by atomic mass is 16.4. The number of fused-ring (bicyclic) bond motifs is 1. The highest BCUT2D eigenvalue weighted by Crippen LogP contribution is 2.26. The number of hydrogen-bond donors (Lipinski definition) is 2. The average Bonchev–Trinajstić information content (AvgIpc) is 2.99. The lowest BCUT2D eigenvalue weighted by Gasteiger charge is -1.97. The molecule has 6 nitrogen and oxygen atoms in total. The first-order valence-electron chi connectivity index (χ1n) is 6.33. The van der Waals surface area contributed by atoms with Crippen LogP contribution in [0, 0.1) is 0 Å². The van der Waals surface area contributed by atoms with Crippen molar-refractivity contribution in [3.05, 3.63) is 36.3 Å². The molecule has 0 bridgehead atoms. The maximum Gasteiger partial charge on any atom is 0.303 e. The van der Waals surface area contributed by atoms with Gasteiger partial charge in [-0.25, -0.2) is 9.67 Å². The summed E-state index contributed by atoms with van der Waals surface area (Å²) in [5.41, 5.74) is 2.01. The molecular weight excluding hydrogens is 256 g/mol. The number of nitrogens with one attached hydrogen (secondary N) is 1. The Bertz CT molecular complexity index is 772. The zero-order chi connectivity index (χ0) is 14.1. The summed E-state index contributed by atoms with van der Waals surface area (Å²) in [7, 11) is 1.81. The summed E-state index contributed by atoms with van der Waals surface area (Å²) >= 11 is 0. The molecule has 0 unspecified atom stereocenters. The van der Waals surface area contributed by atoms with Crippen molar-refractivity contribution in [2.75, 3.05) is 0 Å².